The van der Waals surface area contributed by atoms with Crippen LogP contribution in [0.2, 0.25) is 0 Å². The summed E-state index contributed by atoms with van der Waals surface area (Å²) in [4.78, 5) is 0. The third kappa shape index (κ3) is 4.06. The molecule has 16 heavy (non-hydrogen) atoms. The molecule has 0 amide bonds. The highest BCUT2D eigenvalue weighted by Crippen LogP contribution is 2.24. The summed E-state index contributed by atoms with van der Waals surface area (Å²) in [5, 5.41) is 2.82. The summed E-state index contributed by atoms with van der Waals surface area (Å²) in [5.74, 6) is -0.975. The van der Waals surface area contributed by atoms with E-state index < -0.39 is 17.9 Å². The second-order valence-electron chi connectivity index (χ2n) is 3.08. The van der Waals surface area contributed by atoms with Crippen molar-refractivity contribution in [3.63, 3.8) is 0 Å². The Labute approximate surface area is 90.2 Å². The number of hydrogen-bond donors (Lipinski definition) is 1. The Balaban J connectivity index is 2.81. The maximum atomic E-state index is 13.1. The first-order chi connectivity index (χ1) is 7.42. The molecule has 1 rings (SSSR count). The average Bonchev–Trinajstić information content (AvgIpc) is 2.17. The zero-order chi connectivity index (χ0) is 12.2. The average molecular weight is 237 g/mol. The quantitative estimate of drug-likeness (QED) is 0.813. The van der Waals surface area contributed by atoms with Crippen LogP contribution in [0.5, 0.6) is 5.75 Å². The van der Waals surface area contributed by atoms with E-state index in [4.69, 9.17) is 0 Å². The van der Waals surface area contributed by atoms with Crippen molar-refractivity contribution in [2.24, 2.45) is 0 Å². The standard InChI is InChI=1S/C10H11F4NO/c1-2-15-6-7-5-8(3-4-9(7)11)16-10(12,13)14/h3-5,15H,2,6H2,1H3. The number of ether oxygens (including phenoxy) is 1. The number of nitrogens with one attached hydrogen (secondary N) is 1. The van der Waals surface area contributed by atoms with Crippen molar-refractivity contribution in [3.8, 4) is 5.75 Å². The Morgan fingerprint density at radius 3 is 2.56 bits per heavy atom. The van der Waals surface area contributed by atoms with E-state index in [9.17, 15) is 17.6 Å². The maximum absolute atomic E-state index is 13.1. The number of halogens is 4. The normalized spacial score (nSPS) is 11.6. The van der Waals surface area contributed by atoms with Gasteiger partial charge in [-0.05, 0) is 24.7 Å². The fourth-order valence-electron chi connectivity index (χ4n) is 1.14. The topological polar surface area (TPSA) is 21.3 Å². The second-order valence-corrected chi connectivity index (χ2v) is 3.08. The minimum atomic E-state index is -4.76. The highest BCUT2D eigenvalue weighted by Gasteiger charge is 2.31. The molecule has 0 saturated carbocycles. The molecule has 0 radical (unpaired) electrons. The van der Waals surface area contributed by atoms with E-state index >= 15 is 0 Å². The molecule has 1 aromatic rings. The lowest BCUT2D eigenvalue weighted by atomic mass is 10.2. The van der Waals surface area contributed by atoms with Gasteiger partial charge in [0, 0.05) is 12.1 Å². The fourth-order valence-corrected chi connectivity index (χ4v) is 1.14. The molecule has 0 unspecified atom stereocenters. The molecule has 0 aromatic heterocycles. The van der Waals surface area contributed by atoms with Crippen LogP contribution in [-0.2, 0) is 6.54 Å². The van der Waals surface area contributed by atoms with Crippen molar-refractivity contribution in [1.82, 2.24) is 5.32 Å². The molecule has 1 N–H and O–H groups in total. The lowest BCUT2D eigenvalue weighted by Crippen LogP contribution is -2.18. The predicted molar refractivity (Wildman–Crippen MR) is 50.5 cm³/mol. The van der Waals surface area contributed by atoms with Gasteiger partial charge in [0.2, 0.25) is 0 Å². The van der Waals surface area contributed by atoms with Gasteiger partial charge in [-0.3, -0.25) is 0 Å². The molecule has 2 nitrogen and oxygen atoms in total. The first kappa shape index (κ1) is 12.8. The summed E-state index contributed by atoms with van der Waals surface area (Å²) in [7, 11) is 0. The van der Waals surface area contributed by atoms with Crippen LogP contribution in [-0.4, -0.2) is 12.9 Å². The third-order valence-corrected chi connectivity index (χ3v) is 1.82. The summed E-state index contributed by atoms with van der Waals surface area (Å²) >= 11 is 0. The van der Waals surface area contributed by atoms with Crippen molar-refractivity contribution in [1.29, 1.82) is 0 Å². The van der Waals surface area contributed by atoms with Gasteiger partial charge in [0.05, 0.1) is 0 Å². The van der Waals surface area contributed by atoms with Crippen LogP contribution in [0.25, 0.3) is 0 Å². The fraction of sp³-hybridized carbons (Fsp3) is 0.400. The lowest BCUT2D eigenvalue weighted by molar-refractivity contribution is -0.274. The van der Waals surface area contributed by atoms with Crippen molar-refractivity contribution in [2.75, 3.05) is 6.54 Å². The molecule has 0 bridgehead atoms. The van der Waals surface area contributed by atoms with Crippen LogP contribution in [0.4, 0.5) is 17.6 Å². The Bertz CT molecular complexity index is 351. The number of alkyl halides is 3. The van der Waals surface area contributed by atoms with Crippen LogP contribution >= 0.6 is 0 Å². The molecule has 0 aliphatic heterocycles. The SMILES string of the molecule is CCNCc1cc(OC(F)(F)F)ccc1F. The van der Waals surface area contributed by atoms with Gasteiger partial charge in [-0.25, -0.2) is 4.39 Å². The van der Waals surface area contributed by atoms with E-state index in [1.54, 1.807) is 0 Å². The van der Waals surface area contributed by atoms with E-state index in [1.807, 2.05) is 6.92 Å². The van der Waals surface area contributed by atoms with Gasteiger partial charge in [-0.15, -0.1) is 13.2 Å². The van der Waals surface area contributed by atoms with E-state index in [2.05, 4.69) is 10.1 Å². The summed E-state index contributed by atoms with van der Waals surface area (Å²) in [6, 6.07) is 2.93. The summed E-state index contributed by atoms with van der Waals surface area (Å²) in [5.41, 5.74) is 0.142. The van der Waals surface area contributed by atoms with Gasteiger partial charge in [0.25, 0.3) is 0 Å². The minimum Gasteiger partial charge on any atom is -0.406 e. The second kappa shape index (κ2) is 5.16. The lowest BCUT2D eigenvalue weighted by Gasteiger charge is -2.10. The van der Waals surface area contributed by atoms with Gasteiger partial charge >= 0.3 is 6.36 Å². The molecule has 90 valence electrons. The Kier molecular flexibility index (Phi) is 4.12. The largest absolute Gasteiger partial charge is 0.573 e. The predicted octanol–water partition coefficient (Wildman–Crippen LogP) is 2.83. The van der Waals surface area contributed by atoms with Gasteiger partial charge in [0.15, 0.2) is 0 Å². The van der Waals surface area contributed by atoms with Crippen LogP contribution in [0.1, 0.15) is 12.5 Å². The molecule has 0 spiro atoms. The molecular weight excluding hydrogens is 226 g/mol. The summed E-state index contributed by atoms with van der Waals surface area (Å²) in [6.07, 6.45) is -4.76. The van der Waals surface area contributed by atoms with Crippen molar-refractivity contribution >= 4 is 0 Å². The van der Waals surface area contributed by atoms with Gasteiger partial charge in [0.1, 0.15) is 11.6 Å². The number of rotatable bonds is 4. The van der Waals surface area contributed by atoms with Crippen molar-refractivity contribution in [2.45, 2.75) is 19.8 Å². The van der Waals surface area contributed by atoms with Gasteiger partial charge < -0.3 is 10.1 Å². The molecule has 0 saturated heterocycles. The molecule has 0 aliphatic rings. The third-order valence-electron chi connectivity index (χ3n) is 1.82. The first-order valence-corrected chi connectivity index (χ1v) is 4.67. The van der Waals surface area contributed by atoms with Crippen LogP contribution in [0.15, 0.2) is 18.2 Å². The van der Waals surface area contributed by atoms with E-state index in [-0.39, 0.29) is 12.1 Å². The molecule has 0 heterocycles. The van der Waals surface area contributed by atoms with E-state index in [0.717, 1.165) is 18.2 Å². The minimum absolute atomic E-state index is 0.142. The Hall–Kier alpha value is -1.30. The van der Waals surface area contributed by atoms with Crippen molar-refractivity contribution < 1.29 is 22.3 Å². The Morgan fingerprint density at radius 1 is 1.31 bits per heavy atom. The summed E-state index contributed by atoms with van der Waals surface area (Å²) < 4.78 is 52.5. The number of benzene rings is 1. The monoisotopic (exact) mass is 237 g/mol. The summed E-state index contributed by atoms with van der Waals surface area (Å²) in [6.45, 7) is 2.58. The highest BCUT2D eigenvalue weighted by molar-refractivity contribution is 5.30. The van der Waals surface area contributed by atoms with E-state index in [1.165, 1.54) is 0 Å². The van der Waals surface area contributed by atoms with Crippen LogP contribution < -0.4 is 10.1 Å². The zero-order valence-electron chi connectivity index (χ0n) is 8.57. The molecule has 1 aromatic carbocycles. The molecule has 0 atom stereocenters. The highest BCUT2D eigenvalue weighted by atomic mass is 19.4. The number of hydrogen-bond acceptors (Lipinski definition) is 2. The molecule has 6 heteroatoms. The van der Waals surface area contributed by atoms with Gasteiger partial charge in [-0.1, -0.05) is 6.92 Å². The van der Waals surface area contributed by atoms with E-state index in [0.29, 0.717) is 6.54 Å². The molecule has 0 aliphatic carbocycles. The molecular formula is C10H11F4NO. The maximum Gasteiger partial charge on any atom is 0.573 e. The first-order valence-electron chi connectivity index (χ1n) is 4.67. The van der Waals surface area contributed by atoms with Crippen LogP contribution in [0.3, 0.4) is 0 Å². The zero-order valence-corrected chi connectivity index (χ0v) is 8.57. The molecule has 0 fully saturated rings. The van der Waals surface area contributed by atoms with Gasteiger partial charge in [-0.2, -0.15) is 0 Å². The van der Waals surface area contributed by atoms with Crippen LogP contribution in [0, 0.1) is 5.82 Å². The smallest absolute Gasteiger partial charge is 0.406 e. The Morgan fingerprint density at radius 2 is 2.00 bits per heavy atom. The van der Waals surface area contributed by atoms with Crippen molar-refractivity contribution in [3.05, 3.63) is 29.6 Å².